The molecule has 0 bridgehead atoms. The lowest BCUT2D eigenvalue weighted by atomic mass is 10.1. The van der Waals surface area contributed by atoms with Crippen LogP contribution in [0.2, 0.25) is 0 Å². The summed E-state index contributed by atoms with van der Waals surface area (Å²) in [5.41, 5.74) is 3.03. The lowest BCUT2D eigenvalue weighted by molar-refractivity contribution is 0.115. The van der Waals surface area contributed by atoms with Gasteiger partial charge >= 0.3 is 0 Å². The summed E-state index contributed by atoms with van der Waals surface area (Å²) in [5.74, 6) is 0.201. The molecule has 0 amide bonds. The smallest absolute Gasteiger partial charge is 0.195 e. The zero-order valence-corrected chi connectivity index (χ0v) is 14.6. The first-order valence-electron chi connectivity index (χ1n) is 8.18. The molecule has 132 valence electrons. The van der Waals surface area contributed by atoms with Gasteiger partial charge < -0.3 is 5.11 Å². The highest BCUT2D eigenvalue weighted by molar-refractivity contribution is 7.99. The molecule has 3 aromatic heterocycles. The van der Waals surface area contributed by atoms with Gasteiger partial charge in [-0.2, -0.15) is 0 Å². The average Bonchev–Trinajstić information content (AvgIpc) is 3.14. The van der Waals surface area contributed by atoms with E-state index in [1.807, 2.05) is 18.2 Å². The number of aliphatic hydroxyl groups excluding tert-OH is 1. The van der Waals surface area contributed by atoms with Crippen LogP contribution in [0.25, 0.3) is 22.5 Å². The van der Waals surface area contributed by atoms with Crippen LogP contribution in [-0.4, -0.2) is 29.8 Å². The third-order valence-electron chi connectivity index (χ3n) is 4.27. The molecule has 0 aliphatic carbocycles. The molecule has 0 spiro atoms. The minimum Gasteiger partial charge on any atom is -0.368 e. The molecule has 1 N–H and O–H groups in total. The van der Waals surface area contributed by atoms with E-state index in [1.165, 1.54) is 28.6 Å². The van der Waals surface area contributed by atoms with Crippen LogP contribution in [0.5, 0.6) is 0 Å². The molecule has 1 aliphatic heterocycles. The largest absolute Gasteiger partial charge is 0.368 e. The predicted octanol–water partition coefficient (Wildman–Crippen LogP) is 3.55. The number of nitrogens with zero attached hydrogens (tertiary/aromatic N) is 5. The molecule has 0 saturated heterocycles. The summed E-state index contributed by atoms with van der Waals surface area (Å²) in [4.78, 5) is 13.0. The molecule has 0 fully saturated rings. The zero-order chi connectivity index (χ0) is 18.4. The van der Waals surface area contributed by atoms with Crippen LogP contribution in [0.4, 0.5) is 4.39 Å². The third kappa shape index (κ3) is 2.79. The standard InChI is InChI=1S/C19H12FN5OS/c20-14-5-3-11(4-6-14)13-8-15-17(22-10-13)27-19-23-16(24-25(19)18(15)26)12-2-1-7-21-9-12/h1-10,18,26H/t18-/m0/s1. The van der Waals surface area contributed by atoms with Gasteiger partial charge in [0, 0.05) is 35.3 Å². The molecule has 1 atom stereocenters. The second kappa shape index (κ2) is 6.26. The molecular formula is C19H12FN5OS. The van der Waals surface area contributed by atoms with E-state index >= 15 is 0 Å². The molecule has 6 nitrogen and oxygen atoms in total. The fourth-order valence-corrected chi connectivity index (χ4v) is 3.84. The molecule has 1 aliphatic rings. The first kappa shape index (κ1) is 16.1. The topological polar surface area (TPSA) is 76.7 Å². The lowest BCUT2D eigenvalue weighted by Crippen LogP contribution is -2.18. The van der Waals surface area contributed by atoms with Gasteiger partial charge in [0.15, 0.2) is 17.2 Å². The highest BCUT2D eigenvalue weighted by Gasteiger charge is 2.29. The Balaban J connectivity index is 1.55. The monoisotopic (exact) mass is 377 g/mol. The van der Waals surface area contributed by atoms with E-state index in [1.54, 1.807) is 30.7 Å². The highest BCUT2D eigenvalue weighted by atomic mass is 32.2. The number of pyridine rings is 2. The molecule has 0 radical (unpaired) electrons. The van der Waals surface area contributed by atoms with Crippen molar-refractivity contribution in [3.05, 3.63) is 72.4 Å². The van der Waals surface area contributed by atoms with Crippen LogP contribution >= 0.6 is 11.8 Å². The summed E-state index contributed by atoms with van der Waals surface area (Å²) in [6.07, 6.45) is 4.07. The molecule has 4 heterocycles. The van der Waals surface area contributed by atoms with E-state index in [0.717, 1.165) is 16.7 Å². The maximum Gasteiger partial charge on any atom is 0.195 e. The molecule has 27 heavy (non-hydrogen) atoms. The summed E-state index contributed by atoms with van der Waals surface area (Å²) < 4.78 is 14.6. The van der Waals surface area contributed by atoms with Crippen molar-refractivity contribution >= 4 is 11.8 Å². The minimum absolute atomic E-state index is 0.296. The van der Waals surface area contributed by atoms with Crippen LogP contribution in [0, 0.1) is 5.82 Å². The van der Waals surface area contributed by atoms with Gasteiger partial charge in [0.1, 0.15) is 10.8 Å². The van der Waals surface area contributed by atoms with E-state index in [-0.39, 0.29) is 5.82 Å². The van der Waals surface area contributed by atoms with E-state index in [0.29, 0.717) is 21.6 Å². The number of aliphatic hydroxyl groups is 1. The van der Waals surface area contributed by atoms with Crippen molar-refractivity contribution in [2.24, 2.45) is 0 Å². The molecule has 5 rings (SSSR count). The Morgan fingerprint density at radius 3 is 2.67 bits per heavy atom. The number of hydrogen-bond donors (Lipinski definition) is 1. The Labute approximate surface area is 157 Å². The molecule has 0 saturated carbocycles. The Hall–Kier alpha value is -3.10. The van der Waals surface area contributed by atoms with Gasteiger partial charge in [-0.15, -0.1) is 5.10 Å². The Kier molecular flexibility index (Phi) is 3.73. The van der Waals surface area contributed by atoms with Gasteiger partial charge in [0.2, 0.25) is 0 Å². The second-order valence-corrected chi connectivity index (χ2v) is 6.96. The van der Waals surface area contributed by atoms with Gasteiger partial charge in [-0.25, -0.2) is 19.0 Å². The maximum absolute atomic E-state index is 13.2. The van der Waals surface area contributed by atoms with Gasteiger partial charge in [-0.05, 0) is 47.7 Å². The molecular weight excluding hydrogens is 365 g/mol. The normalized spacial score (nSPS) is 15.3. The van der Waals surface area contributed by atoms with Crippen LogP contribution < -0.4 is 0 Å². The van der Waals surface area contributed by atoms with E-state index in [4.69, 9.17) is 0 Å². The average molecular weight is 377 g/mol. The SMILES string of the molecule is O[C@H]1c2cc(-c3ccc(F)cc3)cnc2Sc2nc(-c3cccnc3)nn21. The lowest BCUT2D eigenvalue weighted by Gasteiger charge is -2.21. The van der Waals surface area contributed by atoms with Gasteiger partial charge in [-0.1, -0.05) is 12.1 Å². The van der Waals surface area contributed by atoms with Crippen molar-refractivity contribution in [1.29, 1.82) is 0 Å². The summed E-state index contributed by atoms with van der Waals surface area (Å²) in [6.45, 7) is 0. The second-order valence-electron chi connectivity index (χ2n) is 6.01. The number of aromatic nitrogens is 5. The van der Waals surface area contributed by atoms with E-state index < -0.39 is 6.23 Å². The Bertz CT molecular complexity index is 1130. The molecule has 8 heteroatoms. The number of rotatable bonds is 2. The summed E-state index contributed by atoms with van der Waals surface area (Å²) in [6, 6.07) is 11.7. The summed E-state index contributed by atoms with van der Waals surface area (Å²) in [5, 5.41) is 16.5. The molecule has 1 aromatic carbocycles. The van der Waals surface area contributed by atoms with Gasteiger partial charge in [0.05, 0.1) is 0 Å². The van der Waals surface area contributed by atoms with Crippen molar-refractivity contribution in [2.75, 3.05) is 0 Å². The Morgan fingerprint density at radius 2 is 1.89 bits per heavy atom. The first-order valence-corrected chi connectivity index (χ1v) is 8.99. The number of hydrogen-bond acceptors (Lipinski definition) is 6. The Morgan fingerprint density at radius 1 is 1.04 bits per heavy atom. The van der Waals surface area contributed by atoms with Crippen LogP contribution in [0.15, 0.2) is 71.2 Å². The quantitative estimate of drug-likeness (QED) is 0.576. The van der Waals surface area contributed by atoms with Crippen LogP contribution in [0.1, 0.15) is 11.8 Å². The highest BCUT2D eigenvalue weighted by Crippen LogP contribution is 2.40. The molecule has 0 unspecified atom stereocenters. The summed E-state index contributed by atoms with van der Waals surface area (Å²) >= 11 is 1.35. The summed E-state index contributed by atoms with van der Waals surface area (Å²) in [7, 11) is 0. The predicted molar refractivity (Wildman–Crippen MR) is 97.4 cm³/mol. The van der Waals surface area contributed by atoms with Crippen molar-refractivity contribution in [2.45, 2.75) is 16.4 Å². The van der Waals surface area contributed by atoms with Crippen molar-refractivity contribution in [1.82, 2.24) is 24.7 Å². The fourth-order valence-electron chi connectivity index (χ4n) is 2.91. The van der Waals surface area contributed by atoms with Crippen molar-refractivity contribution in [3.63, 3.8) is 0 Å². The zero-order valence-electron chi connectivity index (χ0n) is 13.8. The maximum atomic E-state index is 13.2. The van der Waals surface area contributed by atoms with Gasteiger partial charge in [-0.3, -0.25) is 4.98 Å². The van der Waals surface area contributed by atoms with Crippen molar-refractivity contribution in [3.8, 4) is 22.5 Å². The first-order chi connectivity index (χ1) is 13.2. The van der Waals surface area contributed by atoms with Crippen LogP contribution in [-0.2, 0) is 0 Å². The fraction of sp³-hybridized carbons (Fsp3) is 0.0526. The molecule has 4 aromatic rings. The van der Waals surface area contributed by atoms with Crippen LogP contribution in [0.3, 0.4) is 0 Å². The van der Waals surface area contributed by atoms with Crippen molar-refractivity contribution < 1.29 is 9.50 Å². The number of benzene rings is 1. The minimum atomic E-state index is -0.998. The number of fused-ring (bicyclic) bond motifs is 2. The van der Waals surface area contributed by atoms with Gasteiger partial charge in [0.25, 0.3) is 0 Å². The number of halogens is 1. The van der Waals surface area contributed by atoms with E-state index in [2.05, 4.69) is 20.1 Å². The third-order valence-corrected chi connectivity index (χ3v) is 5.27. The van der Waals surface area contributed by atoms with E-state index in [9.17, 15) is 9.50 Å².